The Hall–Kier alpha value is -3.54. The maximum absolute atomic E-state index is 6.55. The lowest BCUT2D eigenvalue weighted by Crippen LogP contribution is -2.41. The highest BCUT2D eigenvalue weighted by Crippen LogP contribution is 2.42. The van der Waals surface area contributed by atoms with Crippen LogP contribution in [0, 0.1) is 0 Å². The van der Waals surface area contributed by atoms with Crippen molar-refractivity contribution in [3.05, 3.63) is 84.9 Å². The molecule has 4 nitrogen and oxygen atoms in total. The summed E-state index contributed by atoms with van der Waals surface area (Å²) in [5.41, 5.74) is 5.14. The van der Waals surface area contributed by atoms with Crippen LogP contribution in [0.2, 0.25) is 0 Å². The van der Waals surface area contributed by atoms with E-state index < -0.39 is 18.3 Å². The van der Waals surface area contributed by atoms with Gasteiger partial charge in [0.2, 0.25) is 0 Å². The molecule has 0 atom stereocenters. The number of nitrogens with zero attached hydrogens (tertiary/aromatic N) is 1. The fraction of sp³-hybridized carbons (Fsp3) is 0.294. The summed E-state index contributed by atoms with van der Waals surface area (Å²) in [6.07, 6.45) is 0. The monoisotopic (exact) mass is 519 g/mol. The van der Waals surface area contributed by atoms with Gasteiger partial charge in [-0.25, -0.2) is 0 Å². The lowest BCUT2D eigenvalue weighted by atomic mass is 9.77. The molecule has 0 amide bonds. The van der Waals surface area contributed by atoms with E-state index in [4.69, 9.17) is 13.7 Å². The minimum absolute atomic E-state index is 0.441. The van der Waals surface area contributed by atoms with Gasteiger partial charge < -0.3 is 18.3 Å². The van der Waals surface area contributed by atoms with Crippen molar-refractivity contribution in [2.24, 2.45) is 0 Å². The van der Waals surface area contributed by atoms with E-state index in [0.717, 1.165) is 49.5 Å². The van der Waals surface area contributed by atoms with Crippen molar-refractivity contribution in [3.8, 4) is 5.69 Å². The highest BCUT2D eigenvalue weighted by Gasteiger charge is 2.52. The Balaban J connectivity index is 0.000000738. The molecule has 0 radical (unpaired) electrons. The Bertz CT molecular complexity index is 1750. The SMILES string of the molecule is CC.CC.CC1(C)OB(c2cc3c4ccccc4n(-c4ccccc4)c3c3c2oc2ccccc23)OC1(C)C. The molecule has 0 aliphatic carbocycles. The van der Waals surface area contributed by atoms with Crippen molar-refractivity contribution in [2.75, 3.05) is 0 Å². The number of furan rings is 1. The van der Waals surface area contributed by atoms with Gasteiger partial charge in [0.15, 0.2) is 0 Å². The molecule has 1 saturated heterocycles. The number of benzene rings is 4. The summed E-state index contributed by atoms with van der Waals surface area (Å²) in [6.45, 7) is 16.3. The third-order valence-corrected chi connectivity index (χ3v) is 7.83. The maximum Gasteiger partial charge on any atom is 0.498 e. The molecule has 200 valence electrons. The summed E-state index contributed by atoms with van der Waals surface area (Å²) >= 11 is 0. The van der Waals surface area contributed by atoms with E-state index in [9.17, 15) is 0 Å². The summed E-state index contributed by atoms with van der Waals surface area (Å²) < 4.78 is 21.9. The first-order valence-electron chi connectivity index (χ1n) is 14.1. The standard InChI is InChI=1S/C30H26BNO3.2C2H6/c1-29(2)30(3,4)35-31(34-29)23-18-22-20-14-8-10-16-24(20)32(19-12-6-5-7-13-19)27(22)26-21-15-9-11-17-25(21)33-28(23)26;2*1-2/h5-18H,1-4H3;2*1-2H3. The lowest BCUT2D eigenvalue weighted by molar-refractivity contribution is 0.00578. The number of rotatable bonds is 2. The Morgan fingerprint density at radius 1 is 0.641 bits per heavy atom. The average Bonchev–Trinajstić information content (AvgIpc) is 3.57. The van der Waals surface area contributed by atoms with Crippen LogP contribution in [0.4, 0.5) is 0 Å². The second-order valence-electron chi connectivity index (χ2n) is 10.4. The largest absolute Gasteiger partial charge is 0.498 e. The van der Waals surface area contributed by atoms with Crippen molar-refractivity contribution in [2.45, 2.75) is 66.6 Å². The third-order valence-electron chi connectivity index (χ3n) is 7.83. The Labute approximate surface area is 231 Å². The van der Waals surface area contributed by atoms with Gasteiger partial charge in [0.25, 0.3) is 0 Å². The van der Waals surface area contributed by atoms with E-state index in [-0.39, 0.29) is 0 Å². The summed E-state index contributed by atoms with van der Waals surface area (Å²) in [6, 6.07) is 29.6. The highest BCUT2D eigenvalue weighted by atomic mass is 16.7. The molecule has 0 saturated carbocycles. The van der Waals surface area contributed by atoms with Crippen LogP contribution in [-0.2, 0) is 9.31 Å². The quantitative estimate of drug-likeness (QED) is 0.214. The van der Waals surface area contributed by atoms with E-state index in [1.807, 2.05) is 39.8 Å². The summed E-state index contributed by atoms with van der Waals surface area (Å²) in [7, 11) is -0.522. The van der Waals surface area contributed by atoms with Gasteiger partial charge in [-0.1, -0.05) is 82.3 Å². The summed E-state index contributed by atoms with van der Waals surface area (Å²) in [5, 5.41) is 4.53. The van der Waals surface area contributed by atoms with E-state index >= 15 is 0 Å². The van der Waals surface area contributed by atoms with Gasteiger partial charge in [0.1, 0.15) is 11.2 Å². The predicted octanol–water partition coefficient (Wildman–Crippen LogP) is 9.03. The number of aromatic nitrogens is 1. The van der Waals surface area contributed by atoms with E-state index in [1.165, 1.54) is 5.39 Å². The normalized spacial score (nSPS) is 15.8. The Morgan fingerprint density at radius 3 is 1.87 bits per heavy atom. The molecule has 39 heavy (non-hydrogen) atoms. The Kier molecular flexibility index (Phi) is 7.09. The van der Waals surface area contributed by atoms with E-state index in [1.54, 1.807) is 0 Å². The molecule has 1 aliphatic rings. The first-order chi connectivity index (χ1) is 18.9. The zero-order valence-electron chi connectivity index (χ0n) is 24.3. The zero-order valence-corrected chi connectivity index (χ0v) is 24.3. The van der Waals surface area contributed by atoms with Crippen LogP contribution in [0.15, 0.2) is 89.3 Å². The van der Waals surface area contributed by atoms with E-state index in [2.05, 4.69) is 105 Å². The molecule has 0 unspecified atom stereocenters. The Morgan fingerprint density at radius 2 is 1.21 bits per heavy atom. The van der Waals surface area contributed by atoms with Crippen LogP contribution in [0.5, 0.6) is 0 Å². The van der Waals surface area contributed by atoms with Crippen LogP contribution in [0.1, 0.15) is 55.4 Å². The van der Waals surface area contributed by atoms with Gasteiger partial charge in [0.05, 0.1) is 27.6 Å². The first-order valence-corrected chi connectivity index (χ1v) is 14.1. The highest BCUT2D eigenvalue weighted by molar-refractivity contribution is 6.66. The summed E-state index contributed by atoms with van der Waals surface area (Å²) in [5.74, 6) is 0. The lowest BCUT2D eigenvalue weighted by Gasteiger charge is -2.32. The van der Waals surface area contributed by atoms with Crippen molar-refractivity contribution >= 4 is 56.3 Å². The van der Waals surface area contributed by atoms with Crippen LogP contribution < -0.4 is 5.46 Å². The number of fused-ring (bicyclic) bond motifs is 7. The zero-order chi connectivity index (χ0) is 27.9. The number of hydrogen-bond acceptors (Lipinski definition) is 3. The van der Waals surface area contributed by atoms with Crippen LogP contribution in [0.25, 0.3) is 49.4 Å². The molecule has 6 aromatic rings. The molecule has 1 aliphatic heterocycles. The molecule has 7 rings (SSSR count). The van der Waals surface area contributed by atoms with Gasteiger partial charge in [0, 0.05) is 27.3 Å². The molecule has 0 N–H and O–H groups in total. The van der Waals surface area contributed by atoms with E-state index in [0.29, 0.717) is 0 Å². The molecular weight excluding hydrogens is 481 g/mol. The smallest absolute Gasteiger partial charge is 0.456 e. The van der Waals surface area contributed by atoms with Gasteiger partial charge >= 0.3 is 7.12 Å². The fourth-order valence-corrected chi connectivity index (χ4v) is 5.35. The molecule has 1 fully saturated rings. The minimum Gasteiger partial charge on any atom is -0.456 e. The van der Waals surface area contributed by atoms with Crippen LogP contribution in [0.3, 0.4) is 0 Å². The molecule has 0 spiro atoms. The maximum atomic E-state index is 6.55. The third kappa shape index (κ3) is 4.16. The van der Waals surface area contributed by atoms with Gasteiger partial charge in [-0.3, -0.25) is 0 Å². The fourth-order valence-electron chi connectivity index (χ4n) is 5.35. The molecular formula is C34H38BNO3. The molecule has 0 bridgehead atoms. The molecule has 3 heterocycles. The van der Waals surface area contributed by atoms with Crippen molar-refractivity contribution in [1.82, 2.24) is 4.57 Å². The number of para-hydroxylation sites is 3. The van der Waals surface area contributed by atoms with Crippen molar-refractivity contribution in [3.63, 3.8) is 0 Å². The number of hydrogen-bond donors (Lipinski definition) is 0. The minimum atomic E-state index is -0.522. The molecule has 2 aromatic heterocycles. The van der Waals surface area contributed by atoms with Gasteiger partial charge in [-0.05, 0) is 58.0 Å². The topological polar surface area (TPSA) is 36.5 Å². The van der Waals surface area contributed by atoms with Crippen LogP contribution >= 0.6 is 0 Å². The van der Waals surface area contributed by atoms with Gasteiger partial charge in [-0.15, -0.1) is 0 Å². The second kappa shape index (κ2) is 10.2. The summed E-state index contributed by atoms with van der Waals surface area (Å²) in [4.78, 5) is 0. The predicted molar refractivity (Wildman–Crippen MR) is 166 cm³/mol. The first kappa shape index (κ1) is 27.0. The van der Waals surface area contributed by atoms with Crippen LogP contribution in [-0.4, -0.2) is 22.9 Å². The molecule has 5 heteroatoms. The second-order valence-corrected chi connectivity index (χ2v) is 10.4. The van der Waals surface area contributed by atoms with Gasteiger partial charge in [-0.2, -0.15) is 0 Å². The molecule has 4 aromatic carbocycles. The van der Waals surface area contributed by atoms with Crippen molar-refractivity contribution < 1.29 is 13.7 Å². The van der Waals surface area contributed by atoms with Crippen molar-refractivity contribution in [1.29, 1.82) is 0 Å². The average molecular weight is 519 g/mol.